The van der Waals surface area contributed by atoms with Crippen molar-refractivity contribution in [1.82, 2.24) is 29.7 Å². The molecule has 0 atom stereocenters. The highest BCUT2D eigenvalue weighted by Gasteiger charge is 2.36. The maximum absolute atomic E-state index is 11.7. The number of fused-ring (bicyclic) bond motifs is 1. The Balaban J connectivity index is 1.59. The van der Waals surface area contributed by atoms with E-state index in [0.29, 0.717) is 35.5 Å². The van der Waals surface area contributed by atoms with E-state index >= 15 is 0 Å². The molecule has 4 heterocycles. The number of halogens is 1. The van der Waals surface area contributed by atoms with Crippen LogP contribution in [0.5, 0.6) is 0 Å². The minimum absolute atomic E-state index is 0.157. The number of nitrogens with one attached hydrogen (secondary N) is 1. The first-order chi connectivity index (χ1) is 18.3. The van der Waals surface area contributed by atoms with Gasteiger partial charge in [-0.3, -0.25) is 9.51 Å². The third kappa shape index (κ3) is 4.71. The van der Waals surface area contributed by atoms with E-state index in [-0.39, 0.29) is 17.2 Å². The molecule has 6 rings (SSSR count). The van der Waals surface area contributed by atoms with Gasteiger partial charge in [-0.2, -0.15) is 4.98 Å². The molecule has 2 aliphatic rings. The maximum Gasteiger partial charge on any atom is 0.439 e. The molecule has 3 aromatic heterocycles. The van der Waals surface area contributed by atoms with Gasteiger partial charge in [0.25, 0.3) is 0 Å². The van der Waals surface area contributed by atoms with Gasteiger partial charge in [0.2, 0.25) is 17.6 Å². The van der Waals surface area contributed by atoms with E-state index in [1.165, 1.54) is 25.7 Å². The summed E-state index contributed by atoms with van der Waals surface area (Å²) >= 11 is 6.42. The molecule has 0 radical (unpaired) electrons. The highest BCUT2D eigenvalue weighted by atomic mass is 35.5. The molecule has 11 heteroatoms. The number of nitrogens with zero attached hydrogens (tertiary/aromatic N) is 6. The second-order valence-electron chi connectivity index (χ2n) is 11.2. The van der Waals surface area contributed by atoms with Crippen LogP contribution in [-0.2, 0) is 11.3 Å². The molecule has 200 valence electrons. The number of H-pyrrole nitrogens is 1. The summed E-state index contributed by atoms with van der Waals surface area (Å²) in [7, 11) is 0. The standard InChI is InChI=1S/C27H32ClN7O3/c1-16-7-9-17(10-8-16)14-34-21-20(18-5-4-6-19(28)13-18)29-23(24-32-26(36)38-33-24)30-22(21)31-25(34)35-11-12-37-15-27(35,2)3/h4-6,13,16-17H,7-12,14-15H2,1-3H3,(H,32,33,36). The molecule has 1 saturated carbocycles. The lowest BCUT2D eigenvalue weighted by atomic mass is 9.83. The number of hydrogen-bond donors (Lipinski definition) is 1. The van der Waals surface area contributed by atoms with Gasteiger partial charge < -0.3 is 14.2 Å². The van der Waals surface area contributed by atoms with Gasteiger partial charge in [0.1, 0.15) is 11.2 Å². The van der Waals surface area contributed by atoms with Crippen LogP contribution in [0.2, 0.25) is 5.02 Å². The molecular weight excluding hydrogens is 506 g/mol. The molecular formula is C27H32ClN7O3. The lowest BCUT2D eigenvalue weighted by Crippen LogP contribution is -2.54. The summed E-state index contributed by atoms with van der Waals surface area (Å²) in [5.41, 5.74) is 2.66. The van der Waals surface area contributed by atoms with Gasteiger partial charge >= 0.3 is 5.76 Å². The number of morpholine rings is 1. The Labute approximate surface area is 225 Å². The summed E-state index contributed by atoms with van der Waals surface area (Å²) in [5.74, 6) is 1.88. The summed E-state index contributed by atoms with van der Waals surface area (Å²) in [6.07, 6.45) is 4.82. The first kappa shape index (κ1) is 25.1. The molecule has 1 N–H and O–H groups in total. The number of aromatic nitrogens is 6. The quantitative estimate of drug-likeness (QED) is 0.381. The summed E-state index contributed by atoms with van der Waals surface area (Å²) in [4.78, 5) is 31.4. The first-order valence-electron chi connectivity index (χ1n) is 13.2. The molecule has 0 amide bonds. The van der Waals surface area contributed by atoms with Gasteiger partial charge in [0.05, 0.1) is 18.8 Å². The lowest BCUT2D eigenvalue weighted by molar-refractivity contribution is 0.0628. The molecule has 2 fully saturated rings. The molecule has 1 saturated heterocycles. The van der Waals surface area contributed by atoms with Crippen LogP contribution in [0.4, 0.5) is 5.95 Å². The second-order valence-corrected chi connectivity index (χ2v) is 11.6. The summed E-state index contributed by atoms with van der Waals surface area (Å²) < 4.78 is 12.9. The Morgan fingerprint density at radius 3 is 2.68 bits per heavy atom. The van der Waals surface area contributed by atoms with Crippen LogP contribution in [0.15, 0.2) is 33.6 Å². The fourth-order valence-corrected chi connectivity index (χ4v) is 5.86. The van der Waals surface area contributed by atoms with Crippen molar-refractivity contribution in [3.05, 3.63) is 39.8 Å². The summed E-state index contributed by atoms with van der Waals surface area (Å²) in [5, 5.41) is 4.44. The largest absolute Gasteiger partial charge is 0.439 e. The van der Waals surface area contributed by atoms with Crippen molar-refractivity contribution >= 4 is 28.7 Å². The molecule has 10 nitrogen and oxygen atoms in total. The van der Waals surface area contributed by atoms with Crippen LogP contribution in [0.1, 0.15) is 46.5 Å². The number of imidazole rings is 1. The van der Waals surface area contributed by atoms with Crippen LogP contribution in [0.25, 0.3) is 34.1 Å². The predicted molar refractivity (Wildman–Crippen MR) is 145 cm³/mol. The number of aromatic amines is 1. The van der Waals surface area contributed by atoms with Gasteiger partial charge in [0.15, 0.2) is 5.65 Å². The van der Waals surface area contributed by atoms with E-state index in [1.54, 1.807) is 0 Å². The SMILES string of the molecule is CC1CCC(Cn2c(N3CCOCC3(C)C)nc3nc(-c4noc(=O)[nH]4)nc(-c4cccc(Cl)c4)c32)CC1. The lowest BCUT2D eigenvalue weighted by Gasteiger charge is -2.43. The van der Waals surface area contributed by atoms with Gasteiger partial charge in [0, 0.05) is 23.7 Å². The maximum atomic E-state index is 11.7. The average Bonchev–Trinajstić information content (AvgIpc) is 3.48. The van der Waals surface area contributed by atoms with Crippen LogP contribution >= 0.6 is 11.6 Å². The normalized spacial score (nSPS) is 21.7. The van der Waals surface area contributed by atoms with Gasteiger partial charge in [-0.25, -0.2) is 14.8 Å². The third-order valence-corrected chi connectivity index (χ3v) is 8.03. The zero-order chi connectivity index (χ0) is 26.4. The van der Waals surface area contributed by atoms with Crippen molar-refractivity contribution in [2.75, 3.05) is 24.7 Å². The predicted octanol–water partition coefficient (Wildman–Crippen LogP) is 4.93. The van der Waals surface area contributed by atoms with Crippen molar-refractivity contribution in [3.8, 4) is 22.9 Å². The number of anilines is 1. The van der Waals surface area contributed by atoms with Crippen LogP contribution in [0.3, 0.4) is 0 Å². The fourth-order valence-electron chi connectivity index (χ4n) is 5.67. The molecule has 0 spiro atoms. The number of benzene rings is 1. The Morgan fingerprint density at radius 1 is 1.16 bits per heavy atom. The van der Waals surface area contributed by atoms with E-state index < -0.39 is 5.76 Å². The zero-order valence-corrected chi connectivity index (χ0v) is 22.7. The highest BCUT2D eigenvalue weighted by Crippen LogP contribution is 2.38. The van der Waals surface area contributed by atoms with E-state index in [0.717, 1.165) is 36.0 Å². The second kappa shape index (κ2) is 9.81. The average molecular weight is 538 g/mol. The molecule has 1 aliphatic heterocycles. The fraction of sp³-hybridized carbons (Fsp3) is 0.519. The topological polar surface area (TPSA) is 115 Å². The van der Waals surface area contributed by atoms with Gasteiger partial charge in [-0.15, -0.1) is 0 Å². The summed E-state index contributed by atoms with van der Waals surface area (Å²) in [6.45, 7) is 9.47. The van der Waals surface area contributed by atoms with Gasteiger partial charge in [-0.05, 0) is 50.7 Å². The van der Waals surface area contributed by atoms with Crippen LogP contribution < -0.4 is 10.7 Å². The van der Waals surface area contributed by atoms with Crippen molar-refractivity contribution < 1.29 is 9.26 Å². The third-order valence-electron chi connectivity index (χ3n) is 7.80. The molecule has 0 bridgehead atoms. The first-order valence-corrected chi connectivity index (χ1v) is 13.6. The Hall–Kier alpha value is -3.24. The molecule has 4 aromatic rings. The van der Waals surface area contributed by atoms with E-state index in [4.69, 9.17) is 35.8 Å². The van der Waals surface area contributed by atoms with Crippen LogP contribution in [0, 0.1) is 11.8 Å². The highest BCUT2D eigenvalue weighted by molar-refractivity contribution is 6.30. The van der Waals surface area contributed by atoms with E-state index in [9.17, 15) is 4.79 Å². The van der Waals surface area contributed by atoms with Gasteiger partial charge in [-0.1, -0.05) is 48.7 Å². The molecule has 0 unspecified atom stereocenters. The minimum Gasteiger partial charge on any atom is -0.377 e. The Kier molecular flexibility index (Phi) is 6.47. The molecule has 1 aromatic carbocycles. The molecule has 38 heavy (non-hydrogen) atoms. The van der Waals surface area contributed by atoms with Crippen molar-refractivity contribution in [2.45, 2.75) is 58.5 Å². The van der Waals surface area contributed by atoms with Crippen molar-refractivity contribution in [3.63, 3.8) is 0 Å². The smallest absolute Gasteiger partial charge is 0.377 e. The molecule has 1 aliphatic carbocycles. The van der Waals surface area contributed by atoms with E-state index in [1.807, 2.05) is 24.3 Å². The van der Waals surface area contributed by atoms with Crippen molar-refractivity contribution in [2.24, 2.45) is 11.8 Å². The summed E-state index contributed by atoms with van der Waals surface area (Å²) in [6, 6.07) is 7.59. The Bertz CT molecular complexity index is 1520. The number of rotatable bonds is 5. The number of hydrogen-bond acceptors (Lipinski definition) is 8. The minimum atomic E-state index is -0.666. The van der Waals surface area contributed by atoms with Crippen molar-refractivity contribution in [1.29, 1.82) is 0 Å². The monoisotopic (exact) mass is 537 g/mol. The van der Waals surface area contributed by atoms with E-state index in [2.05, 4.69) is 40.4 Å². The van der Waals surface area contributed by atoms with Crippen LogP contribution in [-0.4, -0.2) is 55.0 Å². The number of ether oxygens (including phenoxy) is 1. The zero-order valence-electron chi connectivity index (χ0n) is 21.9. The Morgan fingerprint density at radius 2 is 1.97 bits per heavy atom.